The second kappa shape index (κ2) is 9.97. The minimum Gasteiger partial charge on any atom is -0.489 e. The molecule has 1 aromatic heterocycles. The maximum atomic E-state index is 6.02. The number of ether oxygens (including phenoxy) is 1. The number of aryl methyl sites for hydroxylation is 1. The molecule has 6 heteroatoms. The van der Waals surface area contributed by atoms with E-state index in [4.69, 9.17) is 4.74 Å². The molecule has 0 radical (unpaired) electrons. The third-order valence-corrected chi connectivity index (χ3v) is 4.90. The molecule has 0 amide bonds. The van der Waals surface area contributed by atoms with E-state index in [0.29, 0.717) is 13.1 Å². The van der Waals surface area contributed by atoms with Crippen molar-refractivity contribution in [1.82, 2.24) is 15.6 Å². The van der Waals surface area contributed by atoms with E-state index in [0.717, 1.165) is 36.2 Å². The van der Waals surface area contributed by atoms with Crippen LogP contribution in [0, 0.1) is 6.92 Å². The number of hydrogen-bond donors (Lipinski definition) is 2. The Morgan fingerprint density at radius 3 is 2.75 bits per heavy atom. The Balaban J connectivity index is 1.47. The number of nitrogens with one attached hydrogen (secondary N) is 2. The fraction of sp³-hybridized carbons (Fsp3) is 0.455. The largest absolute Gasteiger partial charge is 0.489 e. The van der Waals surface area contributed by atoms with Crippen molar-refractivity contribution in [1.29, 1.82) is 0 Å². The molecule has 6 nitrogen and oxygen atoms in total. The normalized spacial score (nSPS) is 15.4. The molecule has 1 saturated heterocycles. The number of pyridine rings is 1. The molecular weight excluding hydrogens is 350 g/mol. The van der Waals surface area contributed by atoms with E-state index < -0.39 is 0 Å². The van der Waals surface area contributed by atoms with Crippen LogP contribution in [-0.2, 0) is 6.54 Å². The molecule has 1 fully saturated rings. The van der Waals surface area contributed by atoms with Crippen LogP contribution < -0.4 is 20.3 Å². The Hall–Kier alpha value is -2.76. The predicted octanol–water partition coefficient (Wildman–Crippen LogP) is 3.12. The molecule has 0 spiro atoms. The maximum absolute atomic E-state index is 6.02. The summed E-state index contributed by atoms with van der Waals surface area (Å²) in [7, 11) is 1.78. The molecule has 1 aliphatic heterocycles. The quantitative estimate of drug-likeness (QED) is 0.570. The standard InChI is InChI=1S/C22H31N5O/c1-17-8-4-5-9-20(17)28-18(2)15-25-22(23-3)26-16-19-10-11-24-21(14-19)27-12-6-7-13-27/h4-5,8-11,14,18H,6-7,12-13,15-16H2,1-3H3,(H2,23,25,26). The molecule has 2 N–H and O–H groups in total. The van der Waals surface area contributed by atoms with Gasteiger partial charge in [0.25, 0.3) is 0 Å². The number of benzene rings is 1. The smallest absolute Gasteiger partial charge is 0.191 e. The van der Waals surface area contributed by atoms with E-state index in [-0.39, 0.29) is 6.10 Å². The van der Waals surface area contributed by atoms with Gasteiger partial charge in [0, 0.05) is 32.9 Å². The lowest BCUT2D eigenvalue weighted by molar-refractivity contribution is 0.222. The third-order valence-electron chi connectivity index (χ3n) is 4.90. The third kappa shape index (κ3) is 5.62. The number of hydrogen-bond acceptors (Lipinski definition) is 4. The minimum absolute atomic E-state index is 0.0299. The molecule has 2 aromatic rings. The highest BCUT2D eigenvalue weighted by atomic mass is 16.5. The molecular formula is C22H31N5O. The number of para-hydroxylation sites is 1. The van der Waals surface area contributed by atoms with Crippen molar-refractivity contribution in [3.8, 4) is 5.75 Å². The van der Waals surface area contributed by atoms with E-state index in [9.17, 15) is 0 Å². The van der Waals surface area contributed by atoms with Gasteiger partial charge in [0.05, 0.1) is 6.54 Å². The summed E-state index contributed by atoms with van der Waals surface area (Å²) in [5.41, 5.74) is 2.34. The van der Waals surface area contributed by atoms with E-state index in [1.165, 1.54) is 18.4 Å². The number of anilines is 1. The van der Waals surface area contributed by atoms with Crippen LogP contribution in [0.5, 0.6) is 5.75 Å². The zero-order valence-electron chi connectivity index (χ0n) is 17.1. The Morgan fingerprint density at radius 1 is 1.21 bits per heavy atom. The molecule has 1 aromatic carbocycles. The van der Waals surface area contributed by atoms with E-state index in [1.807, 2.05) is 30.5 Å². The van der Waals surface area contributed by atoms with Gasteiger partial charge >= 0.3 is 0 Å². The first-order chi connectivity index (χ1) is 13.7. The van der Waals surface area contributed by atoms with Crippen LogP contribution in [0.4, 0.5) is 5.82 Å². The summed E-state index contributed by atoms with van der Waals surface area (Å²) in [5.74, 6) is 2.76. The second-order valence-corrected chi connectivity index (χ2v) is 7.22. The lowest BCUT2D eigenvalue weighted by Gasteiger charge is -2.19. The maximum Gasteiger partial charge on any atom is 0.191 e. The molecule has 3 rings (SSSR count). The molecule has 2 heterocycles. The summed E-state index contributed by atoms with van der Waals surface area (Å²) >= 11 is 0. The van der Waals surface area contributed by atoms with Crippen molar-refractivity contribution in [3.05, 3.63) is 53.7 Å². The monoisotopic (exact) mass is 381 g/mol. The Bertz CT molecular complexity index is 786. The molecule has 0 saturated carbocycles. The van der Waals surface area contributed by atoms with Gasteiger partial charge in [0.2, 0.25) is 0 Å². The second-order valence-electron chi connectivity index (χ2n) is 7.22. The van der Waals surface area contributed by atoms with E-state index >= 15 is 0 Å². The van der Waals surface area contributed by atoms with Gasteiger partial charge in [-0.15, -0.1) is 0 Å². The van der Waals surface area contributed by atoms with Crippen molar-refractivity contribution in [2.24, 2.45) is 4.99 Å². The highest BCUT2D eigenvalue weighted by Crippen LogP contribution is 2.19. The first kappa shape index (κ1) is 20.0. The molecule has 0 bridgehead atoms. The summed E-state index contributed by atoms with van der Waals surface area (Å²) in [5, 5.41) is 6.71. The van der Waals surface area contributed by atoms with Crippen molar-refractivity contribution in [2.75, 3.05) is 31.6 Å². The number of nitrogens with zero attached hydrogens (tertiary/aromatic N) is 3. The van der Waals surface area contributed by atoms with Gasteiger partial charge in [-0.05, 0) is 56.0 Å². The fourth-order valence-corrected chi connectivity index (χ4v) is 3.28. The van der Waals surface area contributed by atoms with Crippen molar-refractivity contribution in [2.45, 2.75) is 39.3 Å². The Kier molecular flexibility index (Phi) is 7.12. The van der Waals surface area contributed by atoms with Gasteiger partial charge in [-0.25, -0.2) is 4.98 Å². The number of rotatable bonds is 7. The van der Waals surface area contributed by atoms with Crippen LogP contribution in [0.3, 0.4) is 0 Å². The van der Waals surface area contributed by atoms with Crippen molar-refractivity contribution in [3.63, 3.8) is 0 Å². The van der Waals surface area contributed by atoms with Gasteiger partial charge < -0.3 is 20.3 Å². The predicted molar refractivity (Wildman–Crippen MR) is 115 cm³/mol. The summed E-state index contributed by atoms with van der Waals surface area (Å²) in [6.45, 7) is 7.69. The summed E-state index contributed by atoms with van der Waals surface area (Å²) in [6.07, 6.45) is 4.42. The number of aromatic nitrogens is 1. The lowest BCUT2D eigenvalue weighted by atomic mass is 10.2. The first-order valence-electron chi connectivity index (χ1n) is 10.0. The minimum atomic E-state index is 0.0299. The molecule has 1 atom stereocenters. The highest BCUT2D eigenvalue weighted by Gasteiger charge is 2.13. The number of aliphatic imine (C=N–C) groups is 1. The SMILES string of the molecule is CN=C(NCc1ccnc(N2CCCC2)c1)NCC(C)Oc1ccccc1C. The number of guanidine groups is 1. The summed E-state index contributed by atoms with van der Waals surface area (Å²) in [6, 6.07) is 12.3. The van der Waals surface area contributed by atoms with Gasteiger partial charge in [-0.3, -0.25) is 4.99 Å². The van der Waals surface area contributed by atoms with Gasteiger partial charge in [0.15, 0.2) is 5.96 Å². The molecule has 0 aliphatic carbocycles. The summed E-state index contributed by atoms with van der Waals surface area (Å²) in [4.78, 5) is 11.2. The molecule has 150 valence electrons. The van der Waals surface area contributed by atoms with E-state index in [1.54, 1.807) is 7.05 Å². The first-order valence-corrected chi connectivity index (χ1v) is 10.0. The van der Waals surface area contributed by atoms with Crippen LogP contribution in [-0.4, -0.2) is 43.7 Å². The van der Waals surface area contributed by atoms with Gasteiger partial charge in [-0.1, -0.05) is 18.2 Å². The highest BCUT2D eigenvalue weighted by molar-refractivity contribution is 5.79. The van der Waals surface area contributed by atoms with Crippen molar-refractivity contribution >= 4 is 11.8 Å². The van der Waals surface area contributed by atoms with Crippen LogP contribution in [0.1, 0.15) is 30.9 Å². The van der Waals surface area contributed by atoms with Gasteiger partial charge in [0.1, 0.15) is 17.7 Å². The fourth-order valence-electron chi connectivity index (χ4n) is 3.28. The molecule has 1 aliphatic rings. The average molecular weight is 382 g/mol. The van der Waals surface area contributed by atoms with Crippen molar-refractivity contribution < 1.29 is 4.74 Å². The lowest BCUT2D eigenvalue weighted by Crippen LogP contribution is -2.41. The zero-order valence-corrected chi connectivity index (χ0v) is 17.1. The molecule has 28 heavy (non-hydrogen) atoms. The van der Waals surface area contributed by atoms with Crippen LogP contribution in [0.15, 0.2) is 47.6 Å². The molecule has 1 unspecified atom stereocenters. The Labute approximate surface area is 168 Å². The summed E-state index contributed by atoms with van der Waals surface area (Å²) < 4.78 is 6.02. The zero-order chi connectivity index (χ0) is 19.8. The average Bonchev–Trinajstić information content (AvgIpc) is 3.25. The van der Waals surface area contributed by atoms with E-state index in [2.05, 4.69) is 51.5 Å². The van der Waals surface area contributed by atoms with Gasteiger partial charge in [-0.2, -0.15) is 0 Å². The van der Waals surface area contributed by atoms with Crippen LogP contribution in [0.2, 0.25) is 0 Å². The topological polar surface area (TPSA) is 61.8 Å². The van der Waals surface area contributed by atoms with Crippen LogP contribution in [0.25, 0.3) is 0 Å². The van der Waals surface area contributed by atoms with Crippen LogP contribution >= 0.6 is 0 Å². The Morgan fingerprint density at radius 2 is 2.00 bits per heavy atom.